The third kappa shape index (κ3) is 3.19. The summed E-state index contributed by atoms with van der Waals surface area (Å²) < 4.78 is 38.5. The van der Waals surface area contributed by atoms with Crippen molar-refractivity contribution in [2.24, 2.45) is 5.92 Å². The monoisotopic (exact) mass is 246 g/mol. The van der Waals surface area contributed by atoms with E-state index in [-0.39, 0.29) is 0 Å². The van der Waals surface area contributed by atoms with Crippen molar-refractivity contribution in [2.45, 2.75) is 39.4 Å². The van der Waals surface area contributed by atoms with Crippen LogP contribution in [-0.4, -0.2) is 20.9 Å². The average molecular weight is 246 g/mol. The molecule has 0 aliphatic heterocycles. The lowest BCUT2D eigenvalue weighted by Crippen LogP contribution is -2.27. The Morgan fingerprint density at radius 3 is 2.41 bits per heavy atom. The van der Waals surface area contributed by atoms with E-state index in [4.69, 9.17) is 5.26 Å². The summed E-state index contributed by atoms with van der Waals surface area (Å²) in [6.45, 7) is 3.12. The molecule has 1 atom stereocenters. The molecule has 0 aromatic carbocycles. The Kier molecular flexibility index (Phi) is 4.10. The van der Waals surface area contributed by atoms with Gasteiger partial charge in [0.1, 0.15) is 5.82 Å². The number of nitriles is 1. The van der Waals surface area contributed by atoms with Crippen molar-refractivity contribution < 1.29 is 13.2 Å². The molecule has 0 spiro atoms. The topological polar surface area (TPSA) is 54.5 Å². The van der Waals surface area contributed by atoms with Gasteiger partial charge in [-0.15, -0.1) is 0 Å². The molecule has 0 saturated heterocycles. The maximum absolute atomic E-state index is 12.4. The maximum Gasteiger partial charge on any atom is 0.406 e. The van der Waals surface area contributed by atoms with Gasteiger partial charge in [0.15, 0.2) is 11.7 Å². The first-order valence-corrected chi connectivity index (χ1v) is 5.31. The van der Waals surface area contributed by atoms with Crippen LogP contribution in [-0.2, 0) is 19.4 Å². The van der Waals surface area contributed by atoms with Crippen LogP contribution >= 0.6 is 0 Å². The molecule has 0 aliphatic carbocycles. The molecule has 17 heavy (non-hydrogen) atoms. The normalized spacial score (nSPS) is 13.4. The Labute approximate surface area is 97.1 Å². The predicted molar refractivity (Wildman–Crippen MR) is 53.9 cm³/mol. The molecule has 1 unspecified atom stereocenters. The van der Waals surface area contributed by atoms with Gasteiger partial charge in [-0.25, -0.2) is 9.67 Å². The summed E-state index contributed by atoms with van der Waals surface area (Å²) in [7, 11) is 0. The van der Waals surface area contributed by atoms with Gasteiger partial charge in [0.25, 0.3) is 0 Å². The maximum atomic E-state index is 12.4. The molecule has 0 fully saturated rings. The highest BCUT2D eigenvalue weighted by atomic mass is 19.4. The highest BCUT2D eigenvalue weighted by Crippen LogP contribution is 2.27. The van der Waals surface area contributed by atoms with Crippen LogP contribution < -0.4 is 0 Å². The minimum Gasteiger partial charge on any atom is -0.248 e. The molecule has 0 radical (unpaired) electrons. The highest BCUT2D eigenvalue weighted by Gasteiger charge is 2.40. The van der Waals surface area contributed by atoms with Crippen molar-refractivity contribution in [3.63, 3.8) is 0 Å². The van der Waals surface area contributed by atoms with Gasteiger partial charge >= 0.3 is 6.18 Å². The van der Waals surface area contributed by atoms with Crippen LogP contribution in [0.5, 0.6) is 0 Å². The SMILES string of the molecule is CCc1nc(CC)n(CC(C#N)C(F)(F)F)n1. The van der Waals surface area contributed by atoms with Crippen molar-refractivity contribution in [1.82, 2.24) is 14.8 Å². The molecule has 1 heterocycles. The first-order valence-electron chi connectivity index (χ1n) is 5.31. The molecule has 4 nitrogen and oxygen atoms in total. The predicted octanol–water partition coefficient (Wildman–Crippen LogP) is 2.10. The minimum absolute atomic E-state index is 0.478. The first kappa shape index (κ1) is 13.5. The quantitative estimate of drug-likeness (QED) is 0.817. The Morgan fingerprint density at radius 1 is 1.35 bits per heavy atom. The van der Waals surface area contributed by atoms with Crippen LogP contribution in [0.2, 0.25) is 0 Å². The Morgan fingerprint density at radius 2 is 2.00 bits per heavy atom. The Bertz CT molecular complexity index is 416. The van der Waals surface area contributed by atoms with Gasteiger partial charge in [0.05, 0.1) is 12.6 Å². The van der Waals surface area contributed by atoms with Crippen LogP contribution in [0.1, 0.15) is 25.5 Å². The van der Waals surface area contributed by atoms with E-state index < -0.39 is 18.6 Å². The number of nitrogens with zero attached hydrogens (tertiary/aromatic N) is 4. The van der Waals surface area contributed by atoms with E-state index in [9.17, 15) is 13.2 Å². The second-order valence-electron chi connectivity index (χ2n) is 3.56. The van der Waals surface area contributed by atoms with Crippen LogP contribution in [0.4, 0.5) is 13.2 Å². The van der Waals surface area contributed by atoms with Gasteiger partial charge in [-0.2, -0.15) is 23.5 Å². The number of hydrogen-bond donors (Lipinski definition) is 0. The summed E-state index contributed by atoms with van der Waals surface area (Å²) in [6.07, 6.45) is -3.48. The van der Waals surface area contributed by atoms with Gasteiger partial charge in [-0.1, -0.05) is 13.8 Å². The van der Waals surface area contributed by atoms with E-state index in [1.165, 1.54) is 10.8 Å². The van der Waals surface area contributed by atoms with Gasteiger partial charge in [-0.05, 0) is 0 Å². The van der Waals surface area contributed by atoms with Crippen molar-refractivity contribution in [1.29, 1.82) is 5.26 Å². The zero-order valence-electron chi connectivity index (χ0n) is 9.62. The van der Waals surface area contributed by atoms with Crippen LogP contribution in [0.25, 0.3) is 0 Å². The zero-order valence-corrected chi connectivity index (χ0v) is 9.62. The lowest BCUT2D eigenvalue weighted by Gasteiger charge is -2.13. The number of aryl methyl sites for hydroxylation is 2. The molecule has 0 saturated carbocycles. The third-order valence-electron chi connectivity index (χ3n) is 2.33. The summed E-state index contributed by atoms with van der Waals surface area (Å²) in [6, 6.07) is 1.26. The van der Waals surface area contributed by atoms with Crippen molar-refractivity contribution in [2.75, 3.05) is 0 Å². The van der Waals surface area contributed by atoms with E-state index in [1.54, 1.807) is 6.92 Å². The lowest BCUT2D eigenvalue weighted by atomic mass is 10.1. The van der Waals surface area contributed by atoms with Crippen LogP contribution in [0.3, 0.4) is 0 Å². The van der Waals surface area contributed by atoms with Crippen molar-refractivity contribution in [3.05, 3.63) is 11.6 Å². The molecule has 94 valence electrons. The fourth-order valence-corrected chi connectivity index (χ4v) is 1.37. The minimum atomic E-state index is -4.53. The Hall–Kier alpha value is -1.58. The van der Waals surface area contributed by atoms with Crippen molar-refractivity contribution in [3.8, 4) is 6.07 Å². The molecule has 7 heteroatoms. The van der Waals surface area contributed by atoms with Crippen molar-refractivity contribution >= 4 is 0 Å². The molecule has 0 amide bonds. The van der Waals surface area contributed by atoms with Gasteiger partial charge in [-0.3, -0.25) is 0 Å². The van der Waals surface area contributed by atoms with Crippen LogP contribution in [0.15, 0.2) is 0 Å². The van der Waals surface area contributed by atoms with E-state index in [1.807, 2.05) is 6.92 Å². The standard InChI is InChI=1S/C10H13F3N4/c1-3-8-15-9(4-2)17(16-8)6-7(5-14)10(11,12)13/h7H,3-4,6H2,1-2H3. The number of aromatic nitrogens is 3. The molecule has 0 aliphatic rings. The molecule has 1 rings (SSSR count). The summed E-state index contributed by atoms with van der Waals surface area (Å²) in [5.74, 6) is -1.06. The first-order chi connectivity index (χ1) is 7.92. The highest BCUT2D eigenvalue weighted by molar-refractivity contribution is 4.96. The molecular weight excluding hydrogens is 233 g/mol. The fourth-order valence-electron chi connectivity index (χ4n) is 1.37. The number of rotatable bonds is 4. The van der Waals surface area contributed by atoms with Gasteiger partial charge in [0.2, 0.25) is 0 Å². The van der Waals surface area contributed by atoms with Gasteiger partial charge < -0.3 is 0 Å². The average Bonchev–Trinajstić information content (AvgIpc) is 2.66. The zero-order chi connectivity index (χ0) is 13.1. The third-order valence-corrected chi connectivity index (χ3v) is 2.33. The number of hydrogen-bond acceptors (Lipinski definition) is 3. The Balaban J connectivity index is 2.94. The summed E-state index contributed by atoms with van der Waals surface area (Å²) >= 11 is 0. The lowest BCUT2D eigenvalue weighted by molar-refractivity contribution is -0.162. The second kappa shape index (κ2) is 5.17. The molecular formula is C10H13F3N4. The van der Waals surface area contributed by atoms with E-state index in [0.717, 1.165) is 0 Å². The summed E-state index contributed by atoms with van der Waals surface area (Å²) in [5, 5.41) is 12.5. The van der Waals surface area contributed by atoms with Gasteiger partial charge in [0, 0.05) is 12.8 Å². The molecule has 0 N–H and O–H groups in total. The fraction of sp³-hybridized carbons (Fsp3) is 0.700. The molecule has 0 bridgehead atoms. The molecule has 1 aromatic heterocycles. The largest absolute Gasteiger partial charge is 0.406 e. The number of alkyl halides is 3. The second-order valence-corrected chi connectivity index (χ2v) is 3.56. The van der Waals surface area contributed by atoms with E-state index in [0.29, 0.717) is 24.5 Å². The molecule has 1 aromatic rings. The van der Waals surface area contributed by atoms with E-state index >= 15 is 0 Å². The summed E-state index contributed by atoms with van der Waals surface area (Å²) in [5.41, 5.74) is 0. The van der Waals surface area contributed by atoms with E-state index in [2.05, 4.69) is 10.1 Å². The number of halogens is 3. The smallest absolute Gasteiger partial charge is 0.248 e. The van der Waals surface area contributed by atoms with Crippen LogP contribution in [0, 0.1) is 17.2 Å². The summed E-state index contributed by atoms with van der Waals surface area (Å²) in [4.78, 5) is 4.09.